The van der Waals surface area contributed by atoms with Crippen molar-refractivity contribution in [3.8, 4) is 0 Å². The number of nitrogens with zero attached hydrogens (tertiary/aromatic N) is 2. The molecule has 0 fully saturated rings. The Labute approximate surface area is 96.5 Å². The monoisotopic (exact) mass is 225 g/mol. The average Bonchev–Trinajstić information content (AvgIpc) is 2.26. The van der Waals surface area contributed by atoms with Gasteiger partial charge in [0.05, 0.1) is 11.9 Å². The molecule has 90 valence electrons. The summed E-state index contributed by atoms with van der Waals surface area (Å²) in [7, 11) is 2.06. The lowest BCUT2D eigenvalue weighted by molar-refractivity contribution is 0.263. The van der Waals surface area contributed by atoms with Crippen LogP contribution in [0.15, 0.2) is 18.3 Å². The van der Waals surface area contributed by atoms with Crippen LogP contribution in [-0.2, 0) is 0 Å². The molecule has 0 spiro atoms. The number of hydrogen-bond donors (Lipinski definition) is 1. The molecule has 4 heteroatoms. The van der Waals surface area contributed by atoms with Crippen LogP contribution in [-0.4, -0.2) is 29.5 Å². The molecule has 0 aromatic carbocycles. The maximum atomic E-state index is 12.7. The fourth-order valence-corrected chi connectivity index (χ4v) is 1.36. The van der Waals surface area contributed by atoms with Crippen molar-refractivity contribution in [2.24, 2.45) is 5.73 Å². The van der Waals surface area contributed by atoms with Gasteiger partial charge in [0.25, 0.3) is 0 Å². The SMILES string of the molecule is CC(C)N(C)CCC(N)c1ccc(F)cn1. The molecule has 16 heavy (non-hydrogen) atoms. The summed E-state index contributed by atoms with van der Waals surface area (Å²) >= 11 is 0. The third-order valence-corrected chi connectivity index (χ3v) is 2.80. The lowest BCUT2D eigenvalue weighted by Crippen LogP contribution is -2.29. The molecule has 0 aliphatic heterocycles. The predicted molar refractivity (Wildman–Crippen MR) is 63.5 cm³/mol. The van der Waals surface area contributed by atoms with Crippen LogP contribution in [0.3, 0.4) is 0 Å². The third-order valence-electron chi connectivity index (χ3n) is 2.80. The first kappa shape index (κ1) is 13.1. The summed E-state index contributed by atoms with van der Waals surface area (Å²) in [4.78, 5) is 6.21. The van der Waals surface area contributed by atoms with E-state index < -0.39 is 0 Å². The highest BCUT2D eigenvalue weighted by Gasteiger charge is 2.10. The topological polar surface area (TPSA) is 42.1 Å². The second kappa shape index (κ2) is 5.92. The number of aromatic nitrogens is 1. The lowest BCUT2D eigenvalue weighted by Gasteiger charge is -2.22. The molecule has 0 saturated carbocycles. The standard InChI is InChI=1S/C12H20FN3/c1-9(2)16(3)7-6-11(14)12-5-4-10(13)8-15-12/h4-5,8-9,11H,6-7,14H2,1-3H3. The molecule has 0 aliphatic rings. The van der Waals surface area contributed by atoms with Crippen LogP contribution in [0.5, 0.6) is 0 Å². The van der Waals surface area contributed by atoms with Gasteiger partial charge in [-0.3, -0.25) is 4.98 Å². The Morgan fingerprint density at radius 3 is 2.62 bits per heavy atom. The predicted octanol–water partition coefficient (Wildman–Crippen LogP) is 1.95. The highest BCUT2D eigenvalue weighted by atomic mass is 19.1. The van der Waals surface area contributed by atoms with E-state index in [1.165, 1.54) is 12.3 Å². The summed E-state index contributed by atoms with van der Waals surface area (Å²) in [5.41, 5.74) is 6.73. The number of nitrogens with two attached hydrogens (primary N) is 1. The van der Waals surface area contributed by atoms with Crippen LogP contribution in [0.1, 0.15) is 32.0 Å². The van der Waals surface area contributed by atoms with Gasteiger partial charge in [0.15, 0.2) is 0 Å². The van der Waals surface area contributed by atoms with Gasteiger partial charge in [0, 0.05) is 12.1 Å². The number of hydrogen-bond acceptors (Lipinski definition) is 3. The quantitative estimate of drug-likeness (QED) is 0.832. The molecule has 1 unspecified atom stereocenters. The summed E-state index contributed by atoms with van der Waals surface area (Å²) in [6.45, 7) is 5.20. The fraction of sp³-hybridized carbons (Fsp3) is 0.583. The zero-order valence-electron chi connectivity index (χ0n) is 10.2. The first-order valence-corrected chi connectivity index (χ1v) is 5.58. The zero-order chi connectivity index (χ0) is 12.1. The maximum absolute atomic E-state index is 12.7. The Balaban J connectivity index is 2.46. The van der Waals surface area contributed by atoms with Crippen molar-refractivity contribution >= 4 is 0 Å². The van der Waals surface area contributed by atoms with E-state index in [9.17, 15) is 4.39 Å². The van der Waals surface area contributed by atoms with Crippen molar-refractivity contribution < 1.29 is 4.39 Å². The van der Waals surface area contributed by atoms with Gasteiger partial charge in [-0.15, -0.1) is 0 Å². The molecule has 1 heterocycles. The molecule has 1 atom stereocenters. The van der Waals surface area contributed by atoms with Gasteiger partial charge in [-0.1, -0.05) is 0 Å². The number of halogens is 1. The second-order valence-electron chi connectivity index (χ2n) is 4.37. The van der Waals surface area contributed by atoms with Crippen molar-refractivity contribution in [3.63, 3.8) is 0 Å². The second-order valence-corrected chi connectivity index (χ2v) is 4.37. The highest BCUT2D eigenvalue weighted by molar-refractivity contribution is 5.09. The smallest absolute Gasteiger partial charge is 0.141 e. The van der Waals surface area contributed by atoms with Gasteiger partial charge in [-0.2, -0.15) is 0 Å². The largest absolute Gasteiger partial charge is 0.323 e. The Morgan fingerprint density at radius 2 is 2.12 bits per heavy atom. The van der Waals surface area contributed by atoms with Crippen molar-refractivity contribution in [1.29, 1.82) is 0 Å². The van der Waals surface area contributed by atoms with Crippen molar-refractivity contribution in [1.82, 2.24) is 9.88 Å². The van der Waals surface area contributed by atoms with E-state index in [2.05, 4.69) is 30.8 Å². The molecule has 1 rings (SSSR count). The van der Waals surface area contributed by atoms with Crippen LogP contribution >= 0.6 is 0 Å². The molecule has 0 radical (unpaired) electrons. The summed E-state index contributed by atoms with van der Waals surface area (Å²) in [5.74, 6) is -0.324. The first-order chi connectivity index (χ1) is 7.50. The molecule has 2 N–H and O–H groups in total. The van der Waals surface area contributed by atoms with Crippen LogP contribution in [0, 0.1) is 5.82 Å². The zero-order valence-corrected chi connectivity index (χ0v) is 10.2. The Bertz CT molecular complexity index is 311. The van der Waals surface area contributed by atoms with Crippen molar-refractivity contribution in [2.45, 2.75) is 32.4 Å². The Hall–Kier alpha value is -1.00. The number of pyridine rings is 1. The highest BCUT2D eigenvalue weighted by Crippen LogP contribution is 2.12. The van der Waals surface area contributed by atoms with E-state index in [-0.39, 0.29) is 11.9 Å². The molecule has 3 nitrogen and oxygen atoms in total. The lowest BCUT2D eigenvalue weighted by atomic mass is 10.1. The fourth-order valence-electron chi connectivity index (χ4n) is 1.36. The van der Waals surface area contributed by atoms with Crippen LogP contribution in [0.25, 0.3) is 0 Å². The van der Waals surface area contributed by atoms with E-state index in [1.54, 1.807) is 6.07 Å². The molecule has 0 saturated heterocycles. The third kappa shape index (κ3) is 3.87. The van der Waals surface area contributed by atoms with Gasteiger partial charge in [0.1, 0.15) is 5.82 Å². The minimum Gasteiger partial charge on any atom is -0.323 e. The normalized spacial score (nSPS) is 13.4. The molecule has 0 bridgehead atoms. The van der Waals surface area contributed by atoms with Crippen LogP contribution in [0.2, 0.25) is 0 Å². The van der Waals surface area contributed by atoms with Crippen molar-refractivity contribution in [2.75, 3.05) is 13.6 Å². The first-order valence-electron chi connectivity index (χ1n) is 5.58. The van der Waals surface area contributed by atoms with E-state index in [0.29, 0.717) is 6.04 Å². The summed E-state index contributed by atoms with van der Waals surface area (Å²) < 4.78 is 12.7. The summed E-state index contributed by atoms with van der Waals surface area (Å²) in [5, 5.41) is 0. The summed E-state index contributed by atoms with van der Waals surface area (Å²) in [6.07, 6.45) is 2.04. The average molecular weight is 225 g/mol. The molecular formula is C12H20FN3. The molecular weight excluding hydrogens is 205 g/mol. The molecule has 0 amide bonds. The van der Waals surface area contributed by atoms with Crippen LogP contribution in [0.4, 0.5) is 4.39 Å². The van der Waals surface area contributed by atoms with Gasteiger partial charge in [-0.25, -0.2) is 4.39 Å². The van der Waals surface area contributed by atoms with Gasteiger partial charge in [-0.05, 0) is 46.0 Å². The number of rotatable bonds is 5. The minimum absolute atomic E-state index is 0.123. The van der Waals surface area contributed by atoms with E-state index in [4.69, 9.17) is 5.73 Å². The van der Waals surface area contributed by atoms with Gasteiger partial charge in [0.2, 0.25) is 0 Å². The molecule has 1 aromatic rings. The Morgan fingerprint density at radius 1 is 1.44 bits per heavy atom. The molecule has 1 aromatic heterocycles. The summed E-state index contributed by atoms with van der Waals surface area (Å²) in [6, 6.07) is 3.43. The van der Waals surface area contributed by atoms with Gasteiger partial charge >= 0.3 is 0 Å². The van der Waals surface area contributed by atoms with E-state index in [1.807, 2.05) is 0 Å². The Kier molecular flexibility index (Phi) is 4.83. The van der Waals surface area contributed by atoms with Gasteiger partial charge < -0.3 is 10.6 Å². The van der Waals surface area contributed by atoms with Crippen molar-refractivity contribution in [3.05, 3.63) is 29.8 Å². The minimum atomic E-state index is -0.324. The van der Waals surface area contributed by atoms with Crippen LogP contribution < -0.4 is 5.73 Å². The molecule has 0 aliphatic carbocycles. The maximum Gasteiger partial charge on any atom is 0.141 e. The van der Waals surface area contributed by atoms with E-state index in [0.717, 1.165) is 18.7 Å². The van der Waals surface area contributed by atoms with E-state index >= 15 is 0 Å².